The molecule has 1 aliphatic heterocycles. The van der Waals surface area contributed by atoms with Crippen molar-refractivity contribution >= 4 is 0 Å². The van der Waals surface area contributed by atoms with Crippen molar-refractivity contribution in [2.45, 2.75) is 12.6 Å². The third kappa shape index (κ3) is 2.42. The highest BCUT2D eigenvalue weighted by Gasteiger charge is 2.21. The zero-order chi connectivity index (χ0) is 12.2. The summed E-state index contributed by atoms with van der Waals surface area (Å²) in [5.41, 5.74) is 1.24. The number of hydrogen-bond acceptors (Lipinski definition) is 4. The van der Waals surface area contributed by atoms with Gasteiger partial charge in [0.05, 0.1) is 13.2 Å². The van der Waals surface area contributed by atoms with Crippen LogP contribution in [0.3, 0.4) is 0 Å². The average molecular weight is 244 g/mol. The van der Waals surface area contributed by atoms with E-state index in [-0.39, 0.29) is 6.10 Å². The summed E-state index contributed by atoms with van der Waals surface area (Å²) in [6, 6.07) is 10.3. The molecule has 3 rings (SSSR count). The lowest BCUT2D eigenvalue weighted by molar-refractivity contribution is 0.0199. The maximum atomic E-state index is 5.71. The predicted molar refractivity (Wildman–Crippen MR) is 67.1 cm³/mol. The van der Waals surface area contributed by atoms with Gasteiger partial charge in [-0.15, -0.1) is 10.2 Å². The van der Waals surface area contributed by atoms with Gasteiger partial charge in [0.1, 0.15) is 12.4 Å². The smallest absolute Gasteiger partial charge is 0.163 e. The normalized spacial score (nSPS) is 19.9. The molecule has 0 amide bonds. The molecule has 1 aromatic carbocycles. The Morgan fingerprint density at radius 2 is 2.22 bits per heavy atom. The molecule has 1 aliphatic rings. The van der Waals surface area contributed by atoms with Crippen molar-refractivity contribution in [1.82, 2.24) is 20.1 Å². The molecule has 2 aromatic rings. The highest BCUT2D eigenvalue weighted by Crippen LogP contribution is 2.17. The maximum absolute atomic E-state index is 5.71. The van der Waals surface area contributed by atoms with Gasteiger partial charge >= 0.3 is 0 Å². The molecular formula is C13H16N4O. The highest BCUT2D eigenvalue weighted by atomic mass is 16.5. The van der Waals surface area contributed by atoms with Crippen LogP contribution in [0.15, 0.2) is 36.7 Å². The molecule has 0 radical (unpaired) electrons. The van der Waals surface area contributed by atoms with Crippen molar-refractivity contribution in [3.05, 3.63) is 48.0 Å². The molecule has 94 valence electrons. The predicted octanol–water partition coefficient (Wildman–Crippen LogP) is 0.987. The number of nitrogens with zero attached hydrogens (tertiary/aromatic N) is 3. The largest absolute Gasteiger partial charge is 0.368 e. The minimum absolute atomic E-state index is 0.00459. The molecule has 1 atom stereocenters. The maximum Gasteiger partial charge on any atom is 0.163 e. The van der Waals surface area contributed by atoms with Gasteiger partial charge in [-0.05, 0) is 5.56 Å². The van der Waals surface area contributed by atoms with E-state index in [0.29, 0.717) is 0 Å². The first-order valence-electron chi connectivity index (χ1n) is 6.17. The zero-order valence-corrected chi connectivity index (χ0v) is 10.1. The molecule has 1 saturated heterocycles. The minimum Gasteiger partial charge on any atom is -0.368 e. The van der Waals surface area contributed by atoms with Gasteiger partial charge in [0.15, 0.2) is 5.82 Å². The van der Waals surface area contributed by atoms with Crippen LogP contribution in [0.25, 0.3) is 0 Å². The SMILES string of the molecule is c1ccc(Cn2cnnc2C2CNCCO2)cc1. The Morgan fingerprint density at radius 1 is 1.33 bits per heavy atom. The Balaban J connectivity index is 1.78. The van der Waals surface area contributed by atoms with Gasteiger partial charge in [0.2, 0.25) is 0 Å². The van der Waals surface area contributed by atoms with Crippen LogP contribution in [0.4, 0.5) is 0 Å². The topological polar surface area (TPSA) is 52.0 Å². The van der Waals surface area contributed by atoms with E-state index in [2.05, 4.69) is 27.6 Å². The van der Waals surface area contributed by atoms with Crippen LogP contribution < -0.4 is 5.32 Å². The van der Waals surface area contributed by atoms with Crippen molar-refractivity contribution in [2.24, 2.45) is 0 Å². The lowest BCUT2D eigenvalue weighted by atomic mass is 10.2. The summed E-state index contributed by atoms with van der Waals surface area (Å²) in [6.07, 6.45) is 1.77. The van der Waals surface area contributed by atoms with Gasteiger partial charge in [-0.3, -0.25) is 0 Å². The molecule has 1 unspecified atom stereocenters. The summed E-state index contributed by atoms with van der Waals surface area (Å²) in [4.78, 5) is 0. The fourth-order valence-corrected chi connectivity index (χ4v) is 2.15. The van der Waals surface area contributed by atoms with E-state index in [9.17, 15) is 0 Å². The Bertz CT molecular complexity index is 491. The molecule has 1 aromatic heterocycles. The average Bonchev–Trinajstić information content (AvgIpc) is 2.89. The summed E-state index contributed by atoms with van der Waals surface area (Å²) < 4.78 is 7.76. The first-order chi connectivity index (χ1) is 8.93. The monoisotopic (exact) mass is 244 g/mol. The van der Waals surface area contributed by atoms with E-state index in [1.54, 1.807) is 6.33 Å². The summed E-state index contributed by atoms with van der Waals surface area (Å²) in [6.45, 7) is 3.21. The van der Waals surface area contributed by atoms with Crippen LogP contribution in [-0.2, 0) is 11.3 Å². The van der Waals surface area contributed by atoms with Crippen LogP contribution in [0.1, 0.15) is 17.5 Å². The summed E-state index contributed by atoms with van der Waals surface area (Å²) in [5.74, 6) is 0.894. The molecule has 2 heterocycles. The molecule has 5 nitrogen and oxygen atoms in total. The fraction of sp³-hybridized carbons (Fsp3) is 0.385. The molecular weight excluding hydrogens is 228 g/mol. The third-order valence-corrected chi connectivity index (χ3v) is 3.06. The molecule has 1 N–H and O–H groups in total. The van der Waals surface area contributed by atoms with Crippen molar-refractivity contribution < 1.29 is 4.74 Å². The first-order valence-corrected chi connectivity index (χ1v) is 6.17. The number of benzene rings is 1. The van der Waals surface area contributed by atoms with E-state index in [4.69, 9.17) is 4.74 Å². The second kappa shape index (κ2) is 5.29. The van der Waals surface area contributed by atoms with Crippen LogP contribution in [0.5, 0.6) is 0 Å². The molecule has 0 bridgehead atoms. The van der Waals surface area contributed by atoms with Gasteiger partial charge in [-0.2, -0.15) is 0 Å². The quantitative estimate of drug-likeness (QED) is 0.874. The number of ether oxygens (including phenoxy) is 1. The van der Waals surface area contributed by atoms with Crippen LogP contribution >= 0.6 is 0 Å². The Hall–Kier alpha value is -1.72. The molecule has 0 spiro atoms. The second-order valence-electron chi connectivity index (χ2n) is 4.37. The molecule has 0 saturated carbocycles. The van der Waals surface area contributed by atoms with Crippen molar-refractivity contribution in [2.75, 3.05) is 19.7 Å². The lowest BCUT2D eigenvalue weighted by Gasteiger charge is -2.23. The van der Waals surface area contributed by atoms with Crippen LogP contribution in [-0.4, -0.2) is 34.5 Å². The Morgan fingerprint density at radius 3 is 3.00 bits per heavy atom. The van der Waals surface area contributed by atoms with E-state index in [1.165, 1.54) is 5.56 Å². The fourth-order valence-electron chi connectivity index (χ4n) is 2.15. The third-order valence-electron chi connectivity index (χ3n) is 3.06. The number of rotatable bonds is 3. The number of aromatic nitrogens is 3. The van der Waals surface area contributed by atoms with E-state index < -0.39 is 0 Å². The van der Waals surface area contributed by atoms with Crippen molar-refractivity contribution in [3.8, 4) is 0 Å². The summed E-state index contributed by atoms with van der Waals surface area (Å²) in [5, 5.41) is 11.5. The van der Waals surface area contributed by atoms with Gasteiger partial charge in [-0.1, -0.05) is 30.3 Å². The Kier molecular flexibility index (Phi) is 3.34. The first kappa shape index (κ1) is 11.4. The van der Waals surface area contributed by atoms with E-state index >= 15 is 0 Å². The van der Waals surface area contributed by atoms with E-state index in [1.807, 2.05) is 22.8 Å². The minimum atomic E-state index is 0.00459. The Labute approximate surface area is 106 Å². The van der Waals surface area contributed by atoms with Gasteiger partial charge in [-0.25, -0.2) is 0 Å². The standard InChI is InChI=1S/C13H16N4O/c1-2-4-11(5-3-1)9-17-10-15-16-13(17)12-8-14-6-7-18-12/h1-5,10,12,14H,6-9H2. The molecule has 0 aliphatic carbocycles. The second-order valence-corrected chi connectivity index (χ2v) is 4.37. The number of nitrogens with one attached hydrogen (secondary N) is 1. The molecule has 1 fully saturated rings. The van der Waals surface area contributed by atoms with Gasteiger partial charge in [0.25, 0.3) is 0 Å². The number of hydrogen-bond donors (Lipinski definition) is 1. The van der Waals surface area contributed by atoms with Crippen LogP contribution in [0.2, 0.25) is 0 Å². The molecule has 18 heavy (non-hydrogen) atoms. The van der Waals surface area contributed by atoms with Crippen LogP contribution in [0, 0.1) is 0 Å². The summed E-state index contributed by atoms with van der Waals surface area (Å²) >= 11 is 0. The zero-order valence-electron chi connectivity index (χ0n) is 10.1. The van der Waals surface area contributed by atoms with Crippen molar-refractivity contribution in [1.29, 1.82) is 0 Å². The lowest BCUT2D eigenvalue weighted by Crippen LogP contribution is -2.34. The number of morpholine rings is 1. The van der Waals surface area contributed by atoms with Gasteiger partial charge < -0.3 is 14.6 Å². The highest BCUT2D eigenvalue weighted by molar-refractivity contribution is 5.15. The molecule has 5 heteroatoms. The van der Waals surface area contributed by atoms with Crippen molar-refractivity contribution in [3.63, 3.8) is 0 Å². The van der Waals surface area contributed by atoms with E-state index in [0.717, 1.165) is 32.1 Å². The summed E-state index contributed by atoms with van der Waals surface area (Å²) in [7, 11) is 0. The van der Waals surface area contributed by atoms with Gasteiger partial charge in [0, 0.05) is 13.1 Å².